The van der Waals surface area contributed by atoms with Crippen LogP contribution in [0.5, 0.6) is 0 Å². The van der Waals surface area contributed by atoms with E-state index in [-0.39, 0.29) is 11.9 Å². The SMILES string of the molecule is O=C(N[C@H]1CN2CCC1CC2)c1ccc(-c2cccc(Cl)n2)o1. The molecule has 0 unspecified atom stereocenters. The van der Waals surface area contributed by atoms with Crippen molar-refractivity contribution >= 4 is 17.5 Å². The number of hydrogen-bond acceptors (Lipinski definition) is 4. The Morgan fingerprint density at radius 3 is 2.78 bits per heavy atom. The van der Waals surface area contributed by atoms with Crippen molar-refractivity contribution in [3.05, 3.63) is 41.2 Å². The smallest absolute Gasteiger partial charge is 0.287 e. The van der Waals surface area contributed by atoms with Gasteiger partial charge < -0.3 is 14.6 Å². The number of piperidine rings is 3. The molecule has 3 aliphatic rings. The lowest BCUT2D eigenvalue weighted by atomic mass is 9.84. The summed E-state index contributed by atoms with van der Waals surface area (Å²) in [4.78, 5) is 19.0. The molecule has 2 aromatic rings. The summed E-state index contributed by atoms with van der Waals surface area (Å²) in [5.74, 6) is 1.30. The lowest BCUT2D eigenvalue weighted by Gasteiger charge is -2.44. The predicted molar refractivity (Wildman–Crippen MR) is 87.4 cm³/mol. The molecular weight excluding hydrogens is 314 g/mol. The third kappa shape index (κ3) is 2.99. The lowest BCUT2D eigenvalue weighted by molar-refractivity contribution is 0.0606. The van der Waals surface area contributed by atoms with Crippen molar-refractivity contribution in [3.63, 3.8) is 0 Å². The molecule has 23 heavy (non-hydrogen) atoms. The second kappa shape index (κ2) is 5.98. The summed E-state index contributed by atoms with van der Waals surface area (Å²) < 4.78 is 5.66. The molecule has 120 valence electrons. The van der Waals surface area contributed by atoms with Gasteiger partial charge in [-0.15, -0.1) is 0 Å². The molecule has 0 spiro atoms. The summed E-state index contributed by atoms with van der Waals surface area (Å²) in [6, 6.07) is 8.98. The van der Waals surface area contributed by atoms with E-state index < -0.39 is 0 Å². The van der Waals surface area contributed by atoms with E-state index in [4.69, 9.17) is 16.0 Å². The summed E-state index contributed by atoms with van der Waals surface area (Å²) >= 11 is 5.89. The number of hydrogen-bond donors (Lipinski definition) is 1. The zero-order valence-electron chi connectivity index (χ0n) is 12.7. The number of carbonyl (C=O) groups excluding carboxylic acids is 1. The fourth-order valence-corrected chi connectivity index (χ4v) is 3.67. The largest absolute Gasteiger partial charge is 0.449 e. The Labute approximate surface area is 139 Å². The minimum absolute atomic E-state index is 0.156. The fourth-order valence-electron chi connectivity index (χ4n) is 3.51. The zero-order chi connectivity index (χ0) is 15.8. The van der Waals surface area contributed by atoms with E-state index in [1.54, 1.807) is 30.3 Å². The van der Waals surface area contributed by atoms with E-state index in [1.807, 2.05) is 0 Å². The maximum atomic E-state index is 12.4. The van der Waals surface area contributed by atoms with Crippen LogP contribution in [0.1, 0.15) is 23.4 Å². The van der Waals surface area contributed by atoms with Gasteiger partial charge >= 0.3 is 0 Å². The van der Waals surface area contributed by atoms with Gasteiger partial charge in [0.1, 0.15) is 10.8 Å². The maximum Gasteiger partial charge on any atom is 0.287 e. The minimum Gasteiger partial charge on any atom is -0.449 e. The van der Waals surface area contributed by atoms with Crippen molar-refractivity contribution in [2.45, 2.75) is 18.9 Å². The topological polar surface area (TPSA) is 58.4 Å². The summed E-state index contributed by atoms with van der Waals surface area (Å²) in [6.45, 7) is 3.25. The third-order valence-corrected chi connectivity index (χ3v) is 4.98. The Kier molecular flexibility index (Phi) is 3.83. The number of fused-ring (bicyclic) bond motifs is 3. The quantitative estimate of drug-likeness (QED) is 0.879. The van der Waals surface area contributed by atoms with Crippen LogP contribution in [-0.4, -0.2) is 41.5 Å². The standard InChI is InChI=1S/C17H18ClN3O2/c18-16-3-1-2-12(19-16)14-4-5-15(23-14)17(22)20-13-10-21-8-6-11(13)7-9-21/h1-5,11,13H,6-10H2,(H,20,22)/t13-/m0/s1. The Balaban J connectivity index is 1.47. The Morgan fingerprint density at radius 2 is 2.09 bits per heavy atom. The first kappa shape index (κ1) is 14.7. The summed E-state index contributed by atoms with van der Waals surface area (Å²) in [6.07, 6.45) is 2.33. The van der Waals surface area contributed by atoms with Crippen molar-refractivity contribution < 1.29 is 9.21 Å². The molecule has 5 heterocycles. The molecule has 1 atom stereocenters. The van der Waals surface area contributed by atoms with Gasteiger partial charge in [0.2, 0.25) is 0 Å². The van der Waals surface area contributed by atoms with Crippen LogP contribution in [0, 0.1) is 5.92 Å². The number of furan rings is 1. The van der Waals surface area contributed by atoms with Crippen molar-refractivity contribution in [3.8, 4) is 11.5 Å². The number of aromatic nitrogens is 1. The van der Waals surface area contributed by atoms with Gasteiger partial charge in [-0.3, -0.25) is 4.79 Å². The Bertz CT molecular complexity index is 722. The first-order valence-corrected chi connectivity index (χ1v) is 8.33. The van der Waals surface area contributed by atoms with Gasteiger partial charge in [-0.05, 0) is 56.1 Å². The minimum atomic E-state index is -0.156. The van der Waals surface area contributed by atoms with Crippen LogP contribution in [0.25, 0.3) is 11.5 Å². The van der Waals surface area contributed by atoms with Gasteiger partial charge in [-0.1, -0.05) is 17.7 Å². The molecule has 1 amide bonds. The van der Waals surface area contributed by atoms with Crippen LogP contribution >= 0.6 is 11.6 Å². The van der Waals surface area contributed by atoms with Crippen LogP contribution < -0.4 is 5.32 Å². The number of nitrogens with one attached hydrogen (secondary N) is 1. The molecule has 0 radical (unpaired) electrons. The molecule has 0 aliphatic carbocycles. The van der Waals surface area contributed by atoms with Crippen LogP contribution in [-0.2, 0) is 0 Å². The summed E-state index contributed by atoms with van der Waals surface area (Å²) in [5.41, 5.74) is 0.624. The molecule has 5 nitrogen and oxygen atoms in total. The van der Waals surface area contributed by atoms with E-state index in [1.165, 1.54) is 12.8 Å². The number of rotatable bonds is 3. The van der Waals surface area contributed by atoms with Crippen molar-refractivity contribution in [2.24, 2.45) is 5.92 Å². The van der Waals surface area contributed by atoms with Crippen molar-refractivity contribution in [1.29, 1.82) is 0 Å². The monoisotopic (exact) mass is 331 g/mol. The molecule has 1 N–H and O–H groups in total. The average Bonchev–Trinajstić information content (AvgIpc) is 3.06. The fraction of sp³-hybridized carbons (Fsp3) is 0.412. The van der Waals surface area contributed by atoms with Gasteiger partial charge in [0, 0.05) is 12.6 Å². The molecule has 3 aliphatic heterocycles. The van der Waals surface area contributed by atoms with E-state index in [0.29, 0.717) is 28.3 Å². The number of pyridine rings is 1. The molecular formula is C17H18ClN3O2. The first-order chi connectivity index (χ1) is 11.2. The summed E-state index contributed by atoms with van der Waals surface area (Å²) in [5, 5.41) is 3.52. The summed E-state index contributed by atoms with van der Waals surface area (Å²) in [7, 11) is 0. The van der Waals surface area contributed by atoms with Crippen molar-refractivity contribution in [2.75, 3.05) is 19.6 Å². The molecule has 2 aromatic heterocycles. The Morgan fingerprint density at radius 1 is 1.26 bits per heavy atom. The van der Waals surface area contributed by atoms with E-state index in [2.05, 4.69) is 15.2 Å². The van der Waals surface area contributed by atoms with Crippen LogP contribution in [0.2, 0.25) is 5.15 Å². The van der Waals surface area contributed by atoms with Crippen LogP contribution in [0.3, 0.4) is 0 Å². The van der Waals surface area contributed by atoms with Crippen LogP contribution in [0.15, 0.2) is 34.7 Å². The van der Waals surface area contributed by atoms with Gasteiger partial charge in [0.15, 0.2) is 11.5 Å². The highest BCUT2D eigenvalue weighted by Crippen LogP contribution is 2.28. The van der Waals surface area contributed by atoms with Gasteiger partial charge in [0.25, 0.3) is 5.91 Å². The van der Waals surface area contributed by atoms with Crippen LogP contribution in [0.4, 0.5) is 0 Å². The number of amides is 1. The number of nitrogens with zero attached hydrogens (tertiary/aromatic N) is 2. The zero-order valence-corrected chi connectivity index (χ0v) is 13.4. The first-order valence-electron chi connectivity index (χ1n) is 7.95. The highest BCUT2D eigenvalue weighted by molar-refractivity contribution is 6.29. The van der Waals surface area contributed by atoms with Gasteiger partial charge in [0.05, 0.1) is 0 Å². The highest BCUT2D eigenvalue weighted by Gasteiger charge is 2.35. The van der Waals surface area contributed by atoms with Crippen molar-refractivity contribution in [1.82, 2.24) is 15.2 Å². The maximum absolute atomic E-state index is 12.4. The van der Waals surface area contributed by atoms with E-state index in [9.17, 15) is 4.79 Å². The molecule has 0 aromatic carbocycles. The number of carbonyl (C=O) groups is 1. The average molecular weight is 332 g/mol. The molecule has 6 heteroatoms. The highest BCUT2D eigenvalue weighted by atomic mass is 35.5. The molecule has 5 rings (SSSR count). The van der Waals surface area contributed by atoms with E-state index in [0.717, 1.165) is 19.6 Å². The van der Waals surface area contributed by atoms with E-state index >= 15 is 0 Å². The van der Waals surface area contributed by atoms with Gasteiger partial charge in [-0.25, -0.2) is 4.98 Å². The Hall–Kier alpha value is -1.85. The molecule has 2 bridgehead atoms. The molecule has 3 fully saturated rings. The molecule has 3 saturated heterocycles. The normalized spacial score (nSPS) is 26.2. The molecule has 0 saturated carbocycles. The lowest BCUT2D eigenvalue weighted by Crippen LogP contribution is -2.57. The second-order valence-electron chi connectivity index (χ2n) is 6.23. The number of halogens is 1. The predicted octanol–water partition coefficient (Wildman–Crippen LogP) is 2.82. The third-order valence-electron chi connectivity index (χ3n) is 4.77. The van der Waals surface area contributed by atoms with Gasteiger partial charge in [-0.2, -0.15) is 0 Å². The second-order valence-corrected chi connectivity index (χ2v) is 6.61.